The standard InChI is InChI=1S/C19H19N5O3/c20-19(26)16-4-6-17(7-5-16)27-11-18(25)22-9-14-2-1-3-15(8-14)10-24-13-21-12-23-24/h1-8,12-13H,9-11H2,(H2,20,26)(H,22,25). The van der Waals surface area contributed by atoms with Crippen LogP contribution in [0.5, 0.6) is 5.75 Å². The Labute approximate surface area is 156 Å². The normalized spacial score (nSPS) is 10.4. The first-order chi connectivity index (χ1) is 13.1. The molecule has 27 heavy (non-hydrogen) atoms. The minimum atomic E-state index is -0.509. The molecule has 0 atom stereocenters. The highest BCUT2D eigenvalue weighted by molar-refractivity contribution is 5.92. The van der Waals surface area contributed by atoms with Crippen LogP contribution in [0.25, 0.3) is 0 Å². The van der Waals surface area contributed by atoms with Crippen LogP contribution in [0, 0.1) is 0 Å². The van der Waals surface area contributed by atoms with E-state index in [0.29, 0.717) is 24.4 Å². The number of carbonyl (C=O) groups excluding carboxylic acids is 2. The molecule has 0 aliphatic carbocycles. The molecule has 8 heteroatoms. The molecule has 0 saturated heterocycles. The van der Waals surface area contributed by atoms with E-state index in [0.717, 1.165) is 11.1 Å². The van der Waals surface area contributed by atoms with Gasteiger partial charge in [0.25, 0.3) is 5.91 Å². The molecule has 2 aromatic carbocycles. The molecule has 0 saturated carbocycles. The molecule has 1 heterocycles. The number of hydrogen-bond acceptors (Lipinski definition) is 5. The van der Waals surface area contributed by atoms with E-state index >= 15 is 0 Å². The number of amides is 2. The summed E-state index contributed by atoms with van der Waals surface area (Å²) in [6, 6.07) is 14.2. The molecule has 3 rings (SSSR count). The average molecular weight is 365 g/mol. The van der Waals surface area contributed by atoms with Crippen molar-refractivity contribution in [1.82, 2.24) is 20.1 Å². The van der Waals surface area contributed by atoms with Crippen molar-refractivity contribution < 1.29 is 14.3 Å². The summed E-state index contributed by atoms with van der Waals surface area (Å²) >= 11 is 0. The van der Waals surface area contributed by atoms with Gasteiger partial charge < -0.3 is 15.8 Å². The summed E-state index contributed by atoms with van der Waals surface area (Å²) in [6.45, 7) is 0.898. The fourth-order valence-electron chi connectivity index (χ4n) is 2.46. The topological polar surface area (TPSA) is 112 Å². The van der Waals surface area contributed by atoms with Crippen LogP contribution in [0.3, 0.4) is 0 Å². The summed E-state index contributed by atoms with van der Waals surface area (Å²) in [4.78, 5) is 26.9. The van der Waals surface area contributed by atoms with Gasteiger partial charge in [-0.25, -0.2) is 9.67 Å². The van der Waals surface area contributed by atoms with Gasteiger partial charge in [-0.05, 0) is 35.4 Å². The molecule has 0 bridgehead atoms. The number of primary amides is 1. The Morgan fingerprint density at radius 1 is 1.11 bits per heavy atom. The van der Waals surface area contributed by atoms with Crippen molar-refractivity contribution in [3.05, 3.63) is 77.9 Å². The van der Waals surface area contributed by atoms with Gasteiger partial charge in [0.15, 0.2) is 6.61 Å². The van der Waals surface area contributed by atoms with Crippen molar-refractivity contribution in [3.8, 4) is 5.75 Å². The summed E-state index contributed by atoms with van der Waals surface area (Å²) < 4.78 is 7.13. The maximum absolute atomic E-state index is 12.0. The molecular weight excluding hydrogens is 346 g/mol. The van der Waals surface area contributed by atoms with E-state index in [9.17, 15) is 9.59 Å². The summed E-state index contributed by atoms with van der Waals surface area (Å²) in [5, 5.41) is 6.89. The molecule has 138 valence electrons. The number of nitrogens with two attached hydrogens (primary N) is 1. The van der Waals surface area contributed by atoms with E-state index in [-0.39, 0.29) is 12.5 Å². The second kappa shape index (κ2) is 8.61. The Morgan fingerprint density at radius 2 is 1.89 bits per heavy atom. The van der Waals surface area contributed by atoms with E-state index in [1.807, 2.05) is 24.3 Å². The third-order valence-corrected chi connectivity index (χ3v) is 3.80. The molecule has 0 fully saturated rings. The zero-order valence-corrected chi connectivity index (χ0v) is 14.5. The van der Waals surface area contributed by atoms with Gasteiger partial charge >= 0.3 is 0 Å². The van der Waals surface area contributed by atoms with E-state index in [2.05, 4.69) is 15.4 Å². The lowest BCUT2D eigenvalue weighted by Gasteiger charge is -2.09. The smallest absolute Gasteiger partial charge is 0.258 e. The Hall–Kier alpha value is -3.68. The molecule has 1 aromatic heterocycles. The molecule has 0 aliphatic rings. The summed E-state index contributed by atoms with van der Waals surface area (Å²) in [6.07, 6.45) is 3.15. The van der Waals surface area contributed by atoms with Gasteiger partial charge in [-0.15, -0.1) is 0 Å². The van der Waals surface area contributed by atoms with E-state index in [4.69, 9.17) is 10.5 Å². The number of ether oxygens (including phenoxy) is 1. The van der Waals surface area contributed by atoms with Crippen molar-refractivity contribution in [2.24, 2.45) is 5.73 Å². The minimum Gasteiger partial charge on any atom is -0.484 e. The third kappa shape index (κ3) is 5.40. The lowest BCUT2D eigenvalue weighted by molar-refractivity contribution is -0.123. The Balaban J connectivity index is 1.46. The predicted octanol–water partition coefficient (Wildman–Crippen LogP) is 1.12. The van der Waals surface area contributed by atoms with Gasteiger partial charge in [0.1, 0.15) is 18.4 Å². The highest BCUT2D eigenvalue weighted by Crippen LogP contribution is 2.11. The van der Waals surface area contributed by atoms with Crippen molar-refractivity contribution in [1.29, 1.82) is 0 Å². The first-order valence-electron chi connectivity index (χ1n) is 8.30. The Kier molecular flexibility index (Phi) is 5.78. The van der Waals surface area contributed by atoms with Crippen LogP contribution < -0.4 is 15.8 Å². The highest BCUT2D eigenvalue weighted by atomic mass is 16.5. The van der Waals surface area contributed by atoms with E-state index < -0.39 is 5.91 Å². The lowest BCUT2D eigenvalue weighted by Crippen LogP contribution is -2.28. The summed E-state index contributed by atoms with van der Waals surface area (Å²) in [5.41, 5.74) is 7.61. The van der Waals surface area contributed by atoms with Crippen LogP contribution in [-0.4, -0.2) is 33.2 Å². The zero-order chi connectivity index (χ0) is 19.1. The molecule has 0 aliphatic heterocycles. The quantitative estimate of drug-likeness (QED) is 0.621. The van der Waals surface area contributed by atoms with Crippen LogP contribution >= 0.6 is 0 Å². The first kappa shape index (κ1) is 18.1. The largest absolute Gasteiger partial charge is 0.484 e. The van der Waals surface area contributed by atoms with Crippen molar-refractivity contribution in [2.45, 2.75) is 13.1 Å². The molecule has 8 nitrogen and oxygen atoms in total. The fraction of sp³-hybridized carbons (Fsp3) is 0.158. The zero-order valence-electron chi connectivity index (χ0n) is 14.5. The molecule has 0 spiro atoms. The monoisotopic (exact) mass is 365 g/mol. The average Bonchev–Trinajstić information content (AvgIpc) is 3.18. The maximum Gasteiger partial charge on any atom is 0.258 e. The second-order valence-electron chi connectivity index (χ2n) is 5.87. The molecule has 0 radical (unpaired) electrons. The number of nitrogens with one attached hydrogen (secondary N) is 1. The van der Waals surface area contributed by atoms with Crippen molar-refractivity contribution in [3.63, 3.8) is 0 Å². The molecule has 3 aromatic rings. The van der Waals surface area contributed by atoms with E-state index in [1.165, 1.54) is 6.33 Å². The number of aromatic nitrogens is 3. The van der Waals surface area contributed by atoms with Crippen LogP contribution in [0.15, 0.2) is 61.2 Å². The van der Waals surface area contributed by atoms with E-state index in [1.54, 1.807) is 35.3 Å². The Morgan fingerprint density at radius 3 is 2.59 bits per heavy atom. The molecule has 2 amide bonds. The van der Waals surface area contributed by atoms with Gasteiger partial charge in [0.05, 0.1) is 6.54 Å². The van der Waals surface area contributed by atoms with Crippen LogP contribution in [-0.2, 0) is 17.9 Å². The fourth-order valence-corrected chi connectivity index (χ4v) is 2.46. The second-order valence-corrected chi connectivity index (χ2v) is 5.87. The first-order valence-corrected chi connectivity index (χ1v) is 8.30. The summed E-state index contributed by atoms with van der Waals surface area (Å²) in [7, 11) is 0. The number of carbonyl (C=O) groups is 2. The predicted molar refractivity (Wildman–Crippen MR) is 97.9 cm³/mol. The number of nitrogens with zero attached hydrogens (tertiary/aromatic N) is 3. The molecular formula is C19H19N5O3. The minimum absolute atomic E-state index is 0.117. The number of hydrogen-bond donors (Lipinski definition) is 2. The Bertz CT molecular complexity index is 907. The van der Waals surface area contributed by atoms with Gasteiger partial charge in [0.2, 0.25) is 5.91 Å². The highest BCUT2D eigenvalue weighted by Gasteiger charge is 2.05. The third-order valence-electron chi connectivity index (χ3n) is 3.80. The molecule has 0 unspecified atom stereocenters. The lowest BCUT2D eigenvalue weighted by atomic mass is 10.1. The van der Waals surface area contributed by atoms with Gasteiger partial charge in [-0.2, -0.15) is 5.10 Å². The van der Waals surface area contributed by atoms with Crippen LogP contribution in [0.1, 0.15) is 21.5 Å². The van der Waals surface area contributed by atoms with Crippen LogP contribution in [0.2, 0.25) is 0 Å². The summed E-state index contributed by atoms with van der Waals surface area (Å²) in [5.74, 6) is -0.258. The maximum atomic E-state index is 12.0. The molecule has 3 N–H and O–H groups in total. The van der Waals surface area contributed by atoms with Gasteiger partial charge in [-0.3, -0.25) is 9.59 Å². The van der Waals surface area contributed by atoms with Crippen molar-refractivity contribution in [2.75, 3.05) is 6.61 Å². The van der Waals surface area contributed by atoms with Gasteiger partial charge in [-0.1, -0.05) is 24.3 Å². The SMILES string of the molecule is NC(=O)c1ccc(OCC(=O)NCc2cccc(Cn3cncn3)c2)cc1. The number of benzene rings is 2. The number of rotatable bonds is 8. The van der Waals surface area contributed by atoms with Crippen LogP contribution in [0.4, 0.5) is 0 Å². The van der Waals surface area contributed by atoms with Crippen molar-refractivity contribution >= 4 is 11.8 Å². The van der Waals surface area contributed by atoms with Gasteiger partial charge in [0, 0.05) is 12.1 Å².